The molecule has 144 valence electrons. The highest BCUT2D eigenvalue weighted by Gasteiger charge is 2.35. The van der Waals surface area contributed by atoms with Crippen molar-refractivity contribution in [2.75, 3.05) is 6.61 Å². The molecule has 0 spiro atoms. The van der Waals surface area contributed by atoms with Gasteiger partial charge >= 0.3 is 12.0 Å². The van der Waals surface area contributed by atoms with E-state index in [0.29, 0.717) is 0 Å². The molecule has 2 aromatic carbocycles. The molecule has 0 saturated carbocycles. The highest BCUT2D eigenvalue weighted by atomic mass is 33.1. The Morgan fingerprint density at radius 2 is 1.81 bits per heavy atom. The summed E-state index contributed by atoms with van der Waals surface area (Å²) in [7, 11) is 3.20. The number of nitrogens with zero attached hydrogens (tertiary/aromatic N) is 1. The lowest BCUT2D eigenvalue weighted by Crippen LogP contribution is -2.32. The predicted molar refractivity (Wildman–Crippen MR) is 111 cm³/mol. The Morgan fingerprint density at radius 1 is 1.15 bits per heavy atom. The van der Waals surface area contributed by atoms with Gasteiger partial charge in [-0.3, -0.25) is 10.1 Å². The summed E-state index contributed by atoms with van der Waals surface area (Å²) in [5.41, 5.74) is 3.28. The molecule has 0 aromatic heterocycles. The fourth-order valence-corrected chi connectivity index (χ4v) is 5.24. The number of aryl methyl sites for hydroxylation is 1. The van der Waals surface area contributed by atoms with Crippen LogP contribution in [0.15, 0.2) is 54.6 Å². The second kappa shape index (κ2) is 11.0. The summed E-state index contributed by atoms with van der Waals surface area (Å²) >= 11 is 0. The number of nitro groups is 1. The lowest BCUT2D eigenvalue weighted by Gasteiger charge is -2.18. The van der Waals surface area contributed by atoms with Crippen molar-refractivity contribution in [2.45, 2.75) is 37.3 Å². The van der Waals surface area contributed by atoms with Gasteiger partial charge in [-0.05, 0) is 25.0 Å². The fourth-order valence-electron chi connectivity index (χ4n) is 2.48. The lowest BCUT2D eigenvalue weighted by molar-refractivity contribution is -0.511. The zero-order valence-corrected chi connectivity index (χ0v) is 17.0. The van der Waals surface area contributed by atoms with E-state index in [1.807, 2.05) is 61.5 Å². The third kappa shape index (κ3) is 6.92. The Morgan fingerprint density at radius 3 is 2.41 bits per heavy atom. The van der Waals surface area contributed by atoms with Gasteiger partial charge in [0.2, 0.25) is 0 Å². The SMILES string of the molecule is CCOC(=O)C(CC(SSCc1ccccc1)c1ccc(C)cc1)[N+](=O)[O-]. The molecule has 0 bridgehead atoms. The Bertz CT molecular complexity index is 737. The number of rotatable bonds is 10. The minimum atomic E-state index is -1.36. The summed E-state index contributed by atoms with van der Waals surface area (Å²) < 4.78 is 4.90. The molecule has 0 amide bonds. The fraction of sp³-hybridized carbons (Fsp3) is 0.350. The Kier molecular flexibility index (Phi) is 8.67. The first-order valence-corrected chi connectivity index (χ1v) is 11.1. The van der Waals surface area contributed by atoms with E-state index in [1.165, 1.54) is 5.56 Å². The van der Waals surface area contributed by atoms with Crippen LogP contribution in [-0.2, 0) is 15.3 Å². The van der Waals surface area contributed by atoms with Crippen LogP contribution in [0.5, 0.6) is 0 Å². The molecule has 0 N–H and O–H groups in total. The van der Waals surface area contributed by atoms with Crippen molar-refractivity contribution in [1.82, 2.24) is 0 Å². The standard InChI is InChI=1S/C20H23NO4S2/c1-3-25-20(22)18(21(23)24)13-19(17-11-9-15(2)10-12-17)27-26-14-16-7-5-4-6-8-16/h4-12,18-19H,3,13-14H2,1-2H3. The van der Waals surface area contributed by atoms with E-state index in [1.54, 1.807) is 28.5 Å². The summed E-state index contributed by atoms with van der Waals surface area (Å²) in [4.78, 5) is 22.9. The van der Waals surface area contributed by atoms with Gasteiger partial charge < -0.3 is 4.74 Å². The molecule has 2 unspecified atom stereocenters. The quantitative estimate of drug-likeness (QED) is 0.234. The monoisotopic (exact) mass is 405 g/mol. The summed E-state index contributed by atoms with van der Waals surface area (Å²) in [6, 6.07) is 16.6. The first-order chi connectivity index (χ1) is 13.0. The van der Waals surface area contributed by atoms with E-state index in [-0.39, 0.29) is 18.3 Å². The third-order valence-electron chi connectivity index (χ3n) is 3.95. The number of esters is 1. The molecule has 0 fully saturated rings. The molecule has 2 aromatic rings. The molecule has 0 saturated heterocycles. The second-order valence-electron chi connectivity index (χ2n) is 6.03. The zero-order chi connectivity index (χ0) is 19.6. The van der Waals surface area contributed by atoms with Crippen LogP contribution in [0.25, 0.3) is 0 Å². The molecule has 0 aliphatic carbocycles. The van der Waals surface area contributed by atoms with Crippen molar-refractivity contribution in [1.29, 1.82) is 0 Å². The van der Waals surface area contributed by atoms with Crippen molar-refractivity contribution in [3.8, 4) is 0 Å². The molecular weight excluding hydrogens is 382 g/mol. The van der Waals surface area contributed by atoms with Crippen LogP contribution in [0.4, 0.5) is 0 Å². The number of carbonyl (C=O) groups is 1. The Labute approximate surface area is 167 Å². The van der Waals surface area contributed by atoms with Crippen LogP contribution in [0, 0.1) is 17.0 Å². The van der Waals surface area contributed by atoms with Gasteiger partial charge in [-0.15, -0.1) is 0 Å². The third-order valence-corrected chi connectivity index (χ3v) is 6.70. The molecule has 7 heteroatoms. The molecule has 0 heterocycles. The van der Waals surface area contributed by atoms with Gasteiger partial charge in [-0.1, -0.05) is 81.7 Å². The van der Waals surface area contributed by atoms with E-state index < -0.39 is 16.9 Å². The van der Waals surface area contributed by atoms with Gasteiger partial charge in [0.05, 0.1) is 6.61 Å². The van der Waals surface area contributed by atoms with Crippen molar-refractivity contribution >= 4 is 27.6 Å². The maximum absolute atomic E-state index is 12.0. The van der Waals surface area contributed by atoms with E-state index in [4.69, 9.17) is 4.74 Å². The molecule has 2 rings (SSSR count). The van der Waals surface area contributed by atoms with E-state index in [9.17, 15) is 14.9 Å². The van der Waals surface area contributed by atoms with Crippen LogP contribution < -0.4 is 0 Å². The smallest absolute Gasteiger partial charge is 0.381 e. The molecule has 0 radical (unpaired) electrons. The number of benzene rings is 2. The maximum Gasteiger partial charge on any atom is 0.381 e. The average molecular weight is 406 g/mol. The van der Waals surface area contributed by atoms with E-state index in [0.717, 1.165) is 16.9 Å². The second-order valence-corrected chi connectivity index (χ2v) is 8.60. The van der Waals surface area contributed by atoms with Gasteiger partial charge in [-0.25, -0.2) is 4.79 Å². The molecule has 0 aliphatic heterocycles. The largest absolute Gasteiger partial charge is 0.461 e. The van der Waals surface area contributed by atoms with Gasteiger partial charge in [0.1, 0.15) is 0 Å². The van der Waals surface area contributed by atoms with Crippen molar-refractivity contribution in [3.63, 3.8) is 0 Å². The minimum absolute atomic E-state index is 0.0986. The van der Waals surface area contributed by atoms with Crippen molar-refractivity contribution in [3.05, 3.63) is 81.4 Å². The minimum Gasteiger partial charge on any atom is -0.461 e. The Balaban J connectivity index is 2.11. The molecule has 5 nitrogen and oxygen atoms in total. The number of carbonyl (C=O) groups excluding carboxylic acids is 1. The zero-order valence-electron chi connectivity index (χ0n) is 15.4. The highest BCUT2D eigenvalue weighted by molar-refractivity contribution is 8.76. The predicted octanol–water partition coefficient (Wildman–Crippen LogP) is 5.22. The summed E-state index contributed by atoms with van der Waals surface area (Å²) in [5, 5.41) is 11.2. The van der Waals surface area contributed by atoms with Crippen LogP contribution in [-0.4, -0.2) is 23.5 Å². The number of hydrogen-bond donors (Lipinski definition) is 0. The van der Waals surface area contributed by atoms with E-state index >= 15 is 0 Å². The van der Waals surface area contributed by atoms with Crippen LogP contribution >= 0.6 is 21.6 Å². The summed E-state index contributed by atoms with van der Waals surface area (Å²) in [6.45, 7) is 3.78. The maximum atomic E-state index is 12.0. The Hall–Kier alpha value is -1.99. The first-order valence-electron chi connectivity index (χ1n) is 8.70. The molecule has 0 aliphatic rings. The molecule has 27 heavy (non-hydrogen) atoms. The summed E-state index contributed by atoms with van der Waals surface area (Å²) in [6.07, 6.45) is 0.0986. The van der Waals surface area contributed by atoms with Gasteiger partial charge in [0.15, 0.2) is 0 Å². The lowest BCUT2D eigenvalue weighted by atomic mass is 10.0. The van der Waals surface area contributed by atoms with Crippen LogP contribution in [0.3, 0.4) is 0 Å². The van der Waals surface area contributed by atoms with E-state index in [2.05, 4.69) is 0 Å². The van der Waals surface area contributed by atoms with Crippen LogP contribution in [0.1, 0.15) is 35.3 Å². The van der Waals surface area contributed by atoms with Crippen molar-refractivity contribution in [2.24, 2.45) is 0 Å². The number of hydrogen-bond acceptors (Lipinski definition) is 6. The average Bonchev–Trinajstić information content (AvgIpc) is 2.66. The van der Waals surface area contributed by atoms with Crippen molar-refractivity contribution < 1.29 is 14.5 Å². The molecular formula is C20H23NO4S2. The summed E-state index contributed by atoms with van der Waals surface area (Å²) in [5.74, 6) is 0.0180. The first kappa shape index (κ1) is 21.3. The normalized spacial score (nSPS) is 13.0. The highest BCUT2D eigenvalue weighted by Crippen LogP contribution is 2.43. The van der Waals surface area contributed by atoms with Gasteiger partial charge in [0.25, 0.3) is 0 Å². The number of ether oxygens (including phenoxy) is 1. The van der Waals surface area contributed by atoms with Crippen LogP contribution in [0.2, 0.25) is 0 Å². The van der Waals surface area contributed by atoms with Gasteiger partial charge in [0, 0.05) is 22.3 Å². The molecule has 2 atom stereocenters. The topological polar surface area (TPSA) is 69.4 Å². The van der Waals surface area contributed by atoms with Gasteiger partial charge in [-0.2, -0.15) is 0 Å².